The van der Waals surface area contributed by atoms with Gasteiger partial charge in [-0.05, 0) is 24.1 Å². The van der Waals surface area contributed by atoms with E-state index in [4.69, 9.17) is 11.1 Å². The van der Waals surface area contributed by atoms with Gasteiger partial charge in [-0.2, -0.15) is 0 Å². The third-order valence-corrected chi connectivity index (χ3v) is 3.92. The van der Waals surface area contributed by atoms with Crippen LogP contribution in [0.5, 0.6) is 0 Å². The van der Waals surface area contributed by atoms with E-state index in [-0.39, 0.29) is 5.92 Å². The second-order valence-electron chi connectivity index (χ2n) is 4.37. The maximum Gasteiger partial charge on any atom is 0.244 e. The van der Waals surface area contributed by atoms with Crippen molar-refractivity contribution in [2.45, 2.75) is 24.8 Å². The molecule has 0 spiro atoms. The molecule has 0 saturated carbocycles. The second kappa shape index (κ2) is 5.62. The maximum absolute atomic E-state index is 13.4. The molecule has 19 heavy (non-hydrogen) atoms. The molecule has 0 aliphatic carbocycles. The molecule has 0 amide bonds. The van der Waals surface area contributed by atoms with Crippen LogP contribution in [0.1, 0.15) is 13.8 Å². The summed E-state index contributed by atoms with van der Waals surface area (Å²) in [5, 5.41) is 7.30. The molecular formula is C11H15F2N3O2S. The van der Waals surface area contributed by atoms with E-state index in [1.54, 1.807) is 13.8 Å². The van der Waals surface area contributed by atoms with Crippen molar-refractivity contribution in [2.75, 3.05) is 0 Å². The number of rotatable bonds is 5. The first-order valence-corrected chi connectivity index (χ1v) is 6.94. The fraction of sp³-hybridized carbons (Fsp3) is 0.364. The Morgan fingerprint density at radius 1 is 1.37 bits per heavy atom. The van der Waals surface area contributed by atoms with Gasteiger partial charge in [0.2, 0.25) is 10.0 Å². The molecule has 106 valence electrons. The van der Waals surface area contributed by atoms with Crippen LogP contribution in [0.15, 0.2) is 23.1 Å². The summed E-state index contributed by atoms with van der Waals surface area (Å²) in [4.78, 5) is -0.806. The summed E-state index contributed by atoms with van der Waals surface area (Å²) in [5.41, 5.74) is 5.28. The summed E-state index contributed by atoms with van der Waals surface area (Å²) in [5.74, 6) is -2.63. The summed E-state index contributed by atoms with van der Waals surface area (Å²) in [6.45, 7) is 3.30. The lowest BCUT2D eigenvalue weighted by atomic mass is 10.1. The molecule has 0 aliphatic heterocycles. The summed E-state index contributed by atoms with van der Waals surface area (Å²) in [6, 6.07) is 1.14. The van der Waals surface area contributed by atoms with Crippen LogP contribution in [-0.4, -0.2) is 20.3 Å². The first-order valence-electron chi connectivity index (χ1n) is 5.46. The van der Waals surface area contributed by atoms with Crippen LogP contribution >= 0.6 is 0 Å². The van der Waals surface area contributed by atoms with Crippen LogP contribution in [0.3, 0.4) is 0 Å². The van der Waals surface area contributed by atoms with Crippen molar-refractivity contribution < 1.29 is 17.2 Å². The van der Waals surface area contributed by atoms with Crippen LogP contribution < -0.4 is 10.5 Å². The van der Waals surface area contributed by atoms with E-state index in [2.05, 4.69) is 4.72 Å². The van der Waals surface area contributed by atoms with Gasteiger partial charge in [-0.1, -0.05) is 13.8 Å². The Labute approximate surface area is 110 Å². The van der Waals surface area contributed by atoms with Crippen molar-refractivity contribution in [3.63, 3.8) is 0 Å². The quantitative estimate of drug-likeness (QED) is 0.562. The molecule has 1 aromatic rings. The van der Waals surface area contributed by atoms with Crippen molar-refractivity contribution in [3.05, 3.63) is 29.8 Å². The molecule has 1 aromatic carbocycles. The van der Waals surface area contributed by atoms with Crippen molar-refractivity contribution >= 4 is 15.9 Å². The van der Waals surface area contributed by atoms with Crippen molar-refractivity contribution in [2.24, 2.45) is 11.7 Å². The monoisotopic (exact) mass is 291 g/mol. The van der Waals surface area contributed by atoms with Crippen LogP contribution in [0.25, 0.3) is 0 Å². The fourth-order valence-electron chi connectivity index (χ4n) is 1.47. The highest BCUT2D eigenvalue weighted by Crippen LogP contribution is 2.17. The van der Waals surface area contributed by atoms with E-state index in [1.165, 1.54) is 0 Å². The predicted octanol–water partition coefficient (Wildman–Crippen LogP) is 1.20. The van der Waals surface area contributed by atoms with Gasteiger partial charge in [-0.3, -0.25) is 5.41 Å². The minimum Gasteiger partial charge on any atom is -0.386 e. The fourth-order valence-corrected chi connectivity index (χ4v) is 2.93. The lowest BCUT2D eigenvalue weighted by Crippen LogP contribution is -2.47. The minimum atomic E-state index is -4.29. The normalized spacial score (nSPS) is 13.5. The predicted molar refractivity (Wildman–Crippen MR) is 67.2 cm³/mol. The number of amidine groups is 1. The van der Waals surface area contributed by atoms with Gasteiger partial charge < -0.3 is 5.73 Å². The van der Waals surface area contributed by atoms with Crippen LogP contribution in [0.2, 0.25) is 0 Å². The Morgan fingerprint density at radius 3 is 2.42 bits per heavy atom. The first-order chi connectivity index (χ1) is 8.65. The molecule has 0 fully saturated rings. The van der Waals surface area contributed by atoms with E-state index in [9.17, 15) is 17.2 Å². The van der Waals surface area contributed by atoms with E-state index < -0.39 is 38.4 Å². The number of nitrogens with two attached hydrogens (primary N) is 1. The Morgan fingerprint density at radius 2 is 1.95 bits per heavy atom. The Bertz CT molecular complexity index is 588. The Hall–Kier alpha value is -1.54. The van der Waals surface area contributed by atoms with Gasteiger partial charge in [-0.25, -0.2) is 21.9 Å². The molecule has 1 rings (SSSR count). The molecule has 0 aromatic heterocycles. The third-order valence-electron chi connectivity index (χ3n) is 2.47. The average Bonchev–Trinajstić information content (AvgIpc) is 2.28. The zero-order chi connectivity index (χ0) is 14.8. The van der Waals surface area contributed by atoms with Crippen molar-refractivity contribution in [3.8, 4) is 0 Å². The maximum atomic E-state index is 13.4. The third kappa shape index (κ3) is 3.71. The highest BCUT2D eigenvalue weighted by atomic mass is 32.2. The second-order valence-corrected chi connectivity index (χ2v) is 6.06. The van der Waals surface area contributed by atoms with Crippen molar-refractivity contribution in [1.82, 2.24) is 4.72 Å². The number of hydrogen-bond acceptors (Lipinski definition) is 3. The molecule has 5 nitrogen and oxygen atoms in total. The van der Waals surface area contributed by atoms with E-state index in [0.717, 1.165) is 12.1 Å². The van der Waals surface area contributed by atoms with Gasteiger partial charge in [0.1, 0.15) is 22.4 Å². The standard InChI is InChI=1S/C11H15F2N3O2S/c1-6(2)10(11(14)15)16-19(17,18)9-5-7(12)3-4-8(9)13/h3-6,10,16H,1-2H3,(H3,14,15). The lowest BCUT2D eigenvalue weighted by molar-refractivity contribution is 0.511. The molecule has 0 radical (unpaired) electrons. The van der Waals surface area contributed by atoms with E-state index in [1.807, 2.05) is 0 Å². The molecule has 0 aliphatic rings. The SMILES string of the molecule is CC(C)C(NS(=O)(=O)c1cc(F)ccc1F)C(=N)N. The number of benzene rings is 1. The summed E-state index contributed by atoms with van der Waals surface area (Å²) >= 11 is 0. The van der Waals surface area contributed by atoms with Crippen LogP contribution in [-0.2, 0) is 10.0 Å². The lowest BCUT2D eigenvalue weighted by Gasteiger charge is -2.20. The first kappa shape index (κ1) is 15.5. The van der Waals surface area contributed by atoms with Crippen LogP contribution in [0.4, 0.5) is 8.78 Å². The smallest absolute Gasteiger partial charge is 0.244 e. The number of nitrogens with one attached hydrogen (secondary N) is 2. The zero-order valence-corrected chi connectivity index (χ0v) is 11.3. The van der Waals surface area contributed by atoms with Gasteiger partial charge in [0.25, 0.3) is 0 Å². The Kier molecular flexibility index (Phi) is 4.59. The minimum absolute atomic E-state index is 0.302. The van der Waals surface area contributed by atoms with Gasteiger partial charge in [-0.15, -0.1) is 0 Å². The number of hydrogen-bond donors (Lipinski definition) is 3. The largest absolute Gasteiger partial charge is 0.386 e. The molecule has 8 heteroatoms. The summed E-state index contributed by atoms with van der Waals surface area (Å²) in [6.07, 6.45) is 0. The molecular weight excluding hydrogens is 276 g/mol. The highest BCUT2D eigenvalue weighted by Gasteiger charge is 2.27. The van der Waals surface area contributed by atoms with Crippen LogP contribution in [0, 0.1) is 23.0 Å². The van der Waals surface area contributed by atoms with Gasteiger partial charge in [0.05, 0.1) is 6.04 Å². The average molecular weight is 291 g/mol. The Balaban J connectivity index is 3.17. The highest BCUT2D eigenvalue weighted by molar-refractivity contribution is 7.89. The van der Waals surface area contributed by atoms with Crippen molar-refractivity contribution in [1.29, 1.82) is 5.41 Å². The van der Waals surface area contributed by atoms with Gasteiger partial charge in [0.15, 0.2) is 0 Å². The molecule has 0 bridgehead atoms. The molecule has 0 heterocycles. The summed E-state index contributed by atoms with van der Waals surface area (Å²) < 4.78 is 52.5. The van der Waals surface area contributed by atoms with Gasteiger partial charge in [0, 0.05) is 0 Å². The number of sulfonamides is 1. The summed E-state index contributed by atoms with van der Waals surface area (Å²) in [7, 11) is -4.29. The molecule has 1 atom stereocenters. The van der Waals surface area contributed by atoms with E-state index >= 15 is 0 Å². The number of halogens is 2. The zero-order valence-electron chi connectivity index (χ0n) is 10.4. The molecule has 0 saturated heterocycles. The molecule has 1 unspecified atom stereocenters. The topological polar surface area (TPSA) is 96.0 Å². The van der Waals surface area contributed by atoms with Gasteiger partial charge >= 0.3 is 0 Å². The molecule has 4 N–H and O–H groups in total. The van der Waals surface area contributed by atoms with E-state index in [0.29, 0.717) is 6.07 Å².